The topological polar surface area (TPSA) is 70.9 Å². The lowest BCUT2D eigenvalue weighted by Crippen LogP contribution is -2.19. The summed E-state index contributed by atoms with van der Waals surface area (Å²) in [6.07, 6.45) is 1.65. The molecular formula is C16H14BrClN2O3. The summed E-state index contributed by atoms with van der Waals surface area (Å²) in [5, 5.41) is 13.7. The van der Waals surface area contributed by atoms with Crippen molar-refractivity contribution in [3.05, 3.63) is 57.0 Å². The fourth-order valence-corrected chi connectivity index (χ4v) is 2.31. The summed E-state index contributed by atoms with van der Waals surface area (Å²) in [5.41, 5.74) is 3.91. The van der Waals surface area contributed by atoms with Crippen LogP contribution in [0.5, 0.6) is 11.5 Å². The van der Waals surface area contributed by atoms with Crippen LogP contribution in [-0.2, 0) is 11.2 Å². The number of phenolic OH excluding ortho intramolecular Hbond substituents is 1. The predicted octanol–water partition coefficient (Wildman–Crippen LogP) is 3.51. The van der Waals surface area contributed by atoms with E-state index < -0.39 is 0 Å². The first-order valence-electron chi connectivity index (χ1n) is 6.62. The highest BCUT2D eigenvalue weighted by Gasteiger charge is 2.08. The molecular weight excluding hydrogens is 384 g/mol. The third-order valence-electron chi connectivity index (χ3n) is 2.95. The number of hydrogen-bond donors (Lipinski definition) is 2. The highest BCUT2D eigenvalue weighted by Crippen LogP contribution is 2.34. The second kappa shape index (κ2) is 7.99. The molecule has 0 bridgehead atoms. The normalized spacial score (nSPS) is 10.7. The van der Waals surface area contributed by atoms with Crippen LogP contribution in [-0.4, -0.2) is 24.3 Å². The lowest BCUT2D eigenvalue weighted by molar-refractivity contribution is -0.120. The number of carbonyl (C=O) groups is 1. The van der Waals surface area contributed by atoms with E-state index in [4.69, 9.17) is 16.3 Å². The van der Waals surface area contributed by atoms with E-state index in [1.165, 1.54) is 19.4 Å². The number of hydrogen-bond acceptors (Lipinski definition) is 4. The van der Waals surface area contributed by atoms with Crippen LogP contribution >= 0.6 is 27.5 Å². The Morgan fingerprint density at radius 3 is 2.74 bits per heavy atom. The Hall–Kier alpha value is -2.05. The minimum absolute atomic E-state index is 0.134. The van der Waals surface area contributed by atoms with E-state index in [0.29, 0.717) is 5.56 Å². The Morgan fingerprint density at radius 2 is 2.09 bits per heavy atom. The second-order valence-corrected chi connectivity index (χ2v) is 5.97. The van der Waals surface area contributed by atoms with E-state index >= 15 is 0 Å². The number of ether oxygens (including phenoxy) is 1. The van der Waals surface area contributed by atoms with Gasteiger partial charge in [-0.15, -0.1) is 0 Å². The molecule has 0 radical (unpaired) electrons. The van der Waals surface area contributed by atoms with Crippen molar-refractivity contribution < 1.29 is 14.6 Å². The molecule has 0 aliphatic carbocycles. The van der Waals surface area contributed by atoms with E-state index in [-0.39, 0.29) is 28.8 Å². The van der Waals surface area contributed by atoms with E-state index in [0.717, 1.165) is 10.0 Å². The molecule has 2 aromatic carbocycles. The zero-order valence-corrected chi connectivity index (χ0v) is 14.6. The highest BCUT2D eigenvalue weighted by molar-refractivity contribution is 9.10. The molecule has 0 unspecified atom stereocenters. The Kier molecular flexibility index (Phi) is 6.01. The average Bonchev–Trinajstić information content (AvgIpc) is 2.53. The van der Waals surface area contributed by atoms with Gasteiger partial charge in [-0.25, -0.2) is 5.43 Å². The van der Waals surface area contributed by atoms with Crippen molar-refractivity contribution in [3.8, 4) is 11.5 Å². The fraction of sp³-hybridized carbons (Fsp3) is 0.125. The smallest absolute Gasteiger partial charge is 0.244 e. The number of halogens is 2. The Balaban J connectivity index is 1.97. The largest absolute Gasteiger partial charge is 0.503 e. The molecule has 1 amide bonds. The number of nitrogens with one attached hydrogen (secondary N) is 1. The average molecular weight is 398 g/mol. The van der Waals surface area contributed by atoms with Crippen molar-refractivity contribution in [1.29, 1.82) is 0 Å². The Morgan fingerprint density at radius 1 is 1.39 bits per heavy atom. The van der Waals surface area contributed by atoms with E-state index in [2.05, 4.69) is 26.5 Å². The summed E-state index contributed by atoms with van der Waals surface area (Å²) in [4.78, 5) is 11.8. The maximum Gasteiger partial charge on any atom is 0.244 e. The van der Waals surface area contributed by atoms with Crippen molar-refractivity contribution >= 4 is 39.7 Å². The maximum atomic E-state index is 11.8. The number of hydrazone groups is 1. The molecule has 0 fully saturated rings. The molecule has 0 aliphatic rings. The van der Waals surface area contributed by atoms with Gasteiger partial charge in [0.25, 0.3) is 0 Å². The first-order valence-corrected chi connectivity index (χ1v) is 7.79. The summed E-state index contributed by atoms with van der Waals surface area (Å²) < 4.78 is 5.95. The van der Waals surface area contributed by atoms with Crippen LogP contribution in [0.25, 0.3) is 0 Å². The number of nitrogens with zero attached hydrogens (tertiary/aromatic N) is 1. The van der Waals surface area contributed by atoms with Crippen molar-refractivity contribution in [1.82, 2.24) is 5.43 Å². The third kappa shape index (κ3) is 4.97. The fourth-order valence-electron chi connectivity index (χ4n) is 1.83. The standard InChI is InChI=1S/C16H14BrClN2O3/c1-23-14-7-11(6-13(18)16(14)22)9-19-20-15(21)8-10-2-4-12(17)5-3-10/h2-7,9,22H,8H2,1H3,(H,20,21)/b19-9+. The minimum atomic E-state index is -0.236. The van der Waals surface area contributed by atoms with Gasteiger partial charge in [0.1, 0.15) is 0 Å². The first-order chi connectivity index (χ1) is 11.0. The number of aromatic hydroxyl groups is 1. The zero-order valence-electron chi connectivity index (χ0n) is 12.2. The van der Waals surface area contributed by atoms with Gasteiger partial charge < -0.3 is 9.84 Å². The summed E-state index contributed by atoms with van der Waals surface area (Å²) in [7, 11) is 1.42. The third-order valence-corrected chi connectivity index (χ3v) is 3.77. The van der Waals surface area contributed by atoms with Crippen LogP contribution in [0.4, 0.5) is 0 Å². The highest BCUT2D eigenvalue weighted by atomic mass is 79.9. The van der Waals surface area contributed by atoms with Crippen LogP contribution in [0.3, 0.4) is 0 Å². The second-order valence-electron chi connectivity index (χ2n) is 4.65. The molecule has 0 aliphatic heterocycles. The van der Waals surface area contributed by atoms with Gasteiger partial charge in [0, 0.05) is 4.47 Å². The Bertz CT molecular complexity index is 733. The number of amides is 1. The van der Waals surface area contributed by atoms with Crippen LogP contribution in [0.1, 0.15) is 11.1 Å². The SMILES string of the molecule is COc1cc(/C=N/NC(=O)Cc2ccc(Br)cc2)cc(Cl)c1O. The number of methoxy groups -OCH3 is 1. The lowest BCUT2D eigenvalue weighted by atomic mass is 10.1. The van der Waals surface area contributed by atoms with Gasteiger partial charge in [0.05, 0.1) is 24.8 Å². The van der Waals surface area contributed by atoms with Crippen LogP contribution in [0.15, 0.2) is 46.0 Å². The number of phenols is 1. The molecule has 0 heterocycles. The van der Waals surface area contributed by atoms with Gasteiger partial charge in [0.2, 0.25) is 5.91 Å². The minimum Gasteiger partial charge on any atom is -0.503 e. The molecule has 7 heteroatoms. The molecule has 5 nitrogen and oxygen atoms in total. The van der Waals surface area contributed by atoms with Gasteiger partial charge in [0.15, 0.2) is 11.5 Å². The van der Waals surface area contributed by atoms with Crippen molar-refractivity contribution in [2.24, 2.45) is 5.10 Å². The van der Waals surface area contributed by atoms with Crippen LogP contribution < -0.4 is 10.2 Å². The first kappa shape index (κ1) is 17.3. The van der Waals surface area contributed by atoms with Crippen LogP contribution in [0.2, 0.25) is 5.02 Å². The van der Waals surface area contributed by atoms with Crippen molar-refractivity contribution in [2.45, 2.75) is 6.42 Å². The van der Waals surface area contributed by atoms with Gasteiger partial charge in [-0.1, -0.05) is 39.7 Å². The molecule has 2 N–H and O–H groups in total. The molecule has 120 valence electrons. The number of carbonyl (C=O) groups excluding carboxylic acids is 1. The Labute approximate surface area is 147 Å². The molecule has 0 aromatic heterocycles. The summed E-state index contributed by atoms with van der Waals surface area (Å²) >= 11 is 9.22. The lowest BCUT2D eigenvalue weighted by Gasteiger charge is -2.06. The number of benzene rings is 2. The molecule has 0 saturated heterocycles. The van der Waals surface area contributed by atoms with E-state index in [9.17, 15) is 9.90 Å². The molecule has 2 rings (SSSR count). The van der Waals surface area contributed by atoms with Gasteiger partial charge in [-0.05, 0) is 35.4 Å². The maximum absolute atomic E-state index is 11.8. The molecule has 23 heavy (non-hydrogen) atoms. The predicted molar refractivity (Wildman–Crippen MR) is 93.3 cm³/mol. The summed E-state index contributed by atoms with van der Waals surface area (Å²) in [6.45, 7) is 0. The van der Waals surface area contributed by atoms with E-state index in [1.54, 1.807) is 6.07 Å². The molecule has 2 aromatic rings. The van der Waals surface area contributed by atoms with Crippen molar-refractivity contribution in [2.75, 3.05) is 7.11 Å². The van der Waals surface area contributed by atoms with Gasteiger partial charge in [-0.3, -0.25) is 4.79 Å². The number of rotatable bonds is 5. The van der Waals surface area contributed by atoms with Gasteiger partial charge >= 0.3 is 0 Å². The van der Waals surface area contributed by atoms with E-state index in [1.807, 2.05) is 24.3 Å². The summed E-state index contributed by atoms with van der Waals surface area (Å²) in [6, 6.07) is 10.5. The molecule has 0 saturated carbocycles. The van der Waals surface area contributed by atoms with Crippen molar-refractivity contribution in [3.63, 3.8) is 0 Å². The molecule has 0 atom stereocenters. The molecule has 0 spiro atoms. The van der Waals surface area contributed by atoms with Gasteiger partial charge in [-0.2, -0.15) is 5.10 Å². The van der Waals surface area contributed by atoms with Crippen LogP contribution in [0, 0.1) is 0 Å². The quantitative estimate of drug-likeness (QED) is 0.599. The summed E-state index contributed by atoms with van der Waals surface area (Å²) in [5.74, 6) is -0.133. The zero-order chi connectivity index (χ0) is 16.8. The monoisotopic (exact) mass is 396 g/mol.